The predicted octanol–water partition coefficient (Wildman–Crippen LogP) is 0.355. The van der Waals surface area contributed by atoms with Crippen LogP contribution in [0.15, 0.2) is 0 Å². The van der Waals surface area contributed by atoms with Crippen LogP contribution in [-0.2, 0) is 0 Å². The van der Waals surface area contributed by atoms with Crippen molar-refractivity contribution in [1.29, 1.82) is 0 Å². The number of anilines is 1. The highest BCUT2D eigenvalue weighted by atomic mass is 32.1. The first-order valence-electron chi connectivity index (χ1n) is 5.70. The molecule has 6 nitrogen and oxygen atoms in total. The lowest BCUT2D eigenvalue weighted by atomic mass is 9.95. The minimum atomic E-state index is -0.0955. The first kappa shape index (κ1) is 12.3. The van der Waals surface area contributed by atoms with Crippen molar-refractivity contribution in [2.45, 2.75) is 19.3 Å². The summed E-state index contributed by atoms with van der Waals surface area (Å²) in [4.78, 5) is 13.9. The van der Waals surface area contributed by atoms with E-state index >= 15 is 0 Å². The summed E-state index contributed by atoms with van der Waals surface area (Å²) in [5.41, 5.74) is 5.46. The molecule has 1 aromatic heterocycles. The Morgan fingerprint density at radius 1 is 1.59 bits per heavy atom. The molecule has 1 amide bonds. The van der Waals surface area contributed by atoms with E-state index in [9.17, 15) is 4.79 Å². The molecule has 1 unspecified atom stereocenters. The number of hydrogen-bond acceptors (Lipinski definition) is 6. The van der Waals surface area contributed by atoms with Crippen molar-refractivity contribution in [2.24, 2.45) is 5.92 Å². The zero-order valence-corrected chi connectivity index (χ0v) is 10.3. The van der Waals surface area contributed by atoms with E-state index in [1.54, 1.807) is 4.90 Å². The lowest BCUT2D eigenvalue weighted by Gasteiger charge is -2.31. The molecule has 1 fully saturated rings. The van der Waals surface area contributed by atoms with Gasteiger partial charge in [0.25, 0.3) is 5.91 Å². The van der Waals surface area contributed by atoms with Gasteiger partial charge in [-0.2, -0.15) is 0 Å². The number of aromatic nitrogens is 2. The average molecular weight is 256 g/mol. The van der Waals surface area contributed by atoms with Crippen LogP contribution < -0.4 is 5.73 Å². The Kier molecular flexibility index (Phi) is 3.90. The van der Waals surface area contributed by atoms with Crippen LogP contribution in [0.2, 0.25) is 0 Å². The van der Waals surface area contributed by atoms with Crippen molar-refractivity contribution in [1.82, 2.24) is 15.1 Å². The fraction of sp³-hybridized carbons (Fsp3) is 0.700. The van der Waals surface area contributed by atoms with Gasteiger partial charge in [0.2, 0.25) is 10.1 Å². The second kappa shape index (κ2) is 5.42. The highest BCUT2D eigenvalue weighted by Crippen LogP contribution is 2.22. The Morgan fingerprint density at radius 3 is 3.06 bits per heavy atom. The molecule has 2 rings (SSSR count). The number of rotatable bonds is 3. The summed E-state index contributed by atoms with van der Waals surface area (Å²) in [6.45, 7) is 1.62. The molecule has 0 spiro atoms. The van der Waals surface area contributed by atoms with Crippen LogP contribution in [0.1, 0.15) is 29.1 Å². The first-order valence-corrected chi connectivity index (χ1v) is 6.51. The number of amides is 1. The van der Waals surface area contributed by atoms with Crippen molar-refractivity contribution >= 4 is 22.4 Å². The highest BCUT2D eigenvalue weighted by Gasteiger charge is 2.26. The Balaban J connectivity index is 1.99. The number of nitrogens with zero attached hydrogens (tertiary/aromatic N) is 3. The SMILES string of the molecule is Nc1nnc(C(=O)N2CCCC(CCO)C2)s1. The number of aliphatic hydroxyl groups is 1. The largest absolute Gasteiger partial charge is 0.396 e. The smallest absolute Gasteiger partial charge is 0.284 e. The number of nitrogens with two attached hydrogens (primary N) is 1. The normalized spacial score (nSPS) is 20.5. The van der Waals surface area contributed by atoms with Crippen molar-refractivity contribution in [3.05, 3.63) is 5.01 Å². The Labute approximate surface area is 103 Å². The Hall–Kier alpha value is -1.21. The number of piperidine rings is 1. The fourth-order valence-electron chi connectivity index (χ4n) is 2.12. The summed E-state index contributed by atoms with van der Waals surface area (Å²) in [6.07, 6.45) is 2.80. The monoisotopic (exact) mass is 256 g/mol. The maximum absolute atomic E-state index is 12.1. The number of hydrogen-bond donors (Lipinski definition) is 2. The van der Waals surface area contributed by atoms with Gasteiger partial charge >= 0.3 is 0 Å². The van der Waals surface area contributed by atoms with Crippen LogP contribution in [0.5, 0.6) is 0 Å². The van der Waals surface area contributed by atoms with Crippen LogP contribution in [0.25, 0.3) is 0 Å². The van der Waals surface area contributed by atoms with Crippen molar-refractivity contribution < 1.29 is 9.90 Å². The molecule has 0 saturated carbocycles. The van der Waals surface area contributed by atoms with E-state index in [1.807, 2.05) is 0 Å². The van der Waals surface area contributed by atoms with E-state index in [2.05, 4.69) is 10.2 Å². The van der Waals surface area contributed by atoms with E-state index < -0.39 is 0 Å². The number of carbonyl (C=O) groups excluding carboxylic acids is 1. The summed E-state index contributed by atoms with van der Waals surface area (Å²) in [5, 5.41) is 17.0. The second-order valence-electron chi connectivity index (χ2n) is 4.22. The lowest BCUT2D eigenvalue weighted by molar-refractivity contribution is 0.0652. The molecule has 1 atom stereocenters. The molecular formula is C10H16N4O2S. The molecule has 94 valence electrons. The minimum Gasteiger partial charge on any atom is -0.396 e. The van der Waals surface area contributed by atoms with Crippen molar-refractivity contribution in [2.75, 3.05) is 25.4 Å². The third-order valence-electron chi connectivity index (χ3n) is 2.97. The fourth-order valence-corrected chi connectivity index (χ4v) is 2.70. The summed E-state index contributed by atoms with van der Waals surface area (Å²) < 4.78 is 0. The highest BCUT2D eigenvalue weighted by molar-refractivity contribution is 7.16. The summed E-state index contributed by atoms with van der Waals surface area (Å²) in [6, 6.07) is 0. The Bertz CT molecular complexity index is 393. The van der Waals surface area contributed by atoms with Crippen LogP contribution in [0.3, 0.4) is 0 Å². The van der Waals surface area contributed by atoms with Gasteiger partial charge in [0, 0.05) is 19.7 Å². The molecule has 1 saturated heterocycles. The molecule has 2 heterocycles. The number of carbonyl (C=O) groups is 1. The van der Waals surface area contributed by atoms with Gasteiger partial charge < -0.3 is 15.7 Å². The molecule has 1 aromatic rings. The van der Waals surface area contributed by atoms with E-state index in [-0.39, 0.29) is 12.5 Å². The molecule has 0 aliphatic carbocycles. The van der Waals surface area contributed by atoms with Gasteiger partial charge in [-0.1, -0.05) is 11.3 Å². The van der Waals surface area contributed by atoms with Gasteiger partial charge in [-0.15, -0.1) is 10.2 Å². The van der Waals surface area contributed by atoms with Gasteiger partial charge in [0.15, 0.2) is 0 Å². The van der Waals surface area contributed by atoms with E-state index in [0.717, 1.165) is 37.1 Å². The van der Waals surface area contributed by atoms with Crippen LogP contribution in [0, 0.1) is 5.92 Å². The summed E-state index contributed by atoms with van der Waals surface area (Å²) in [7, 11) is 0. The minimum absolute atomic E-state index is 0.0955. The molecule has 17 heavy (non-hydrogen) atoms. The lowest BCUT2D eigenvalue weighted by Crippen LogP contribution is -2.40. The van der Waals surface area contributed by atoms with Crippen LogP contribution in [0.4, 0.5) is 5.13 Å². The molecule has 7 heteroatoms. The topological polar surface area (TPSA) is 92.3 Å². The maximum Gasteiger partial charge on any atom is 0.284 e. The van der Waals surface area contributed by atoms with E-state index in [1.165, 1.54) is 0 Å². The van der Waals surface area contributed by atoms with Crippen LogP contribution >= 0.6 is 11.3 Å². The maximum atomic E-state index is 12.1. The quantitative estimate of drug-likeness (QED) is 0.814. The number of nitrogen functional groups attached to an aromatic ring is 1. The third kappa shape index (κ3) is 2.92. The van der Waals surface area contributed by atoms with Crippen LogP contribution in [-0.4, -0.2) is 45.8 Å². The molecule has 0 aromatic carbocycles. The number of aliphatic hydroxyl groups excluding tert-OH is 1. The zero-order valence-electron chi connectivity index (χ0n) is 9.50. The average Bonchev–Trinajstić information content (AvgIpc) is 2.76. The molecule has 3 N–H and O–H groups in total. The van der Waals surface area contributed by atoms with Gasteiger partial charge in [-0.25, -0.2) is 0 Å². The zero-order chi connectivity index (χ0) is 12.3. The van der Waals surface area contributed by atoms with Crippen molar-refractivity contribution in [3.8, 4) is 0 Å². The van der Waals surface area contributed by atoms with Crippen molar-refractivity contribution in [3.63, 3.8) is 0 Å². The van der Waals surface area contributed by atoms with E-state index in [0.29, 0.717) is 22.6 Å². The van der Waals surface area contributed by atoms with Gasteiger partial charge in [-0.05, 0) is 25.2 Å². The van der Waals surface area contributed by atoms with E-state index in [4.69, 9.17) is 10.8 Å². The predicted molar refractivity (Wildman–Crippen MR) is 64.7 cm³/mol. The third-order valence-corrected chi connectivity index (χ3v) is 3.71. The second-order valence-corrected chi connectivity index (χ2v) is 5.23. The summed E-state index contributed by atoms with van der Waals surface area (Å²) >= 11 is 1.12. The molecule has 0 radical (unpaired) electrons. The standard InChI is InChI=1S/C10H16N4O2S/c11-10-13-12-8(17-10)9(16)14-4-1-2-7(6-14)3-5-15/h7,15H,1-6H2,(H2,11,13). The van der Waals surface area contributed by atoms with Gasteiger partial charge in [0.05, 0.1) is 0 Å². The molecule has 0 bridgehead atoms. The van der Waals surface area contributed by atoms with Gasteiger partial charge in [-0.3, -0.25) is 4.79 Å². The molecular weight excluding hydrogens is 240 g/mol. The Morgan fingerprint density at radius 2 is 2.41 bits per heavy atom. The molecule has 1 aliphatic heterocycles. The molecule has 1 aliphatic rings. The summed E-state index contributed by atoms with van der Waals surface area (Å²) in [5.74, 6) is 0.296. The van der Waals surface area contributed by atoms with Gasteiger partial charge in [0.1, 0.15) is 0 Å². The first-order chi connectivity index (χ1) is 8.20. The number of likely N-dealkylation sites (tertiary alicyclic amines) is 1.